The lowest BCUT2D eigenvalue weighted by Crippen LogP contribution is -2.54. The van der Waals surface area contributed by atoms with Crippen LogP contribution >= 0.6 is 0 Å². The maximum atomic E-state index is 12.7. The Hall–Kier alpha value is -2.67. The van der Waals surface area contributed by atoms with Gasteiger partial charge in [0.2, 0.25) is 5.91 Å². The highest BCUT2D eigenvalue weighted by Crippen LogP contribution is 2.16. The molecule has 1 aromatic heterocycles. The fourth-order valence-corrected chi connectivity index (χ4v) is 3.89. The van der Waals surface area contributed by atoms with Gasteiger partial charge in [-0.3, -0.25) is 9.69 Å². The van der Waals surface area contributed by atoms with Crippen molar-refractivity contribution in [1.82, 2.24) is 19.8 Å². The number of piperazine rings is 2. The second kappa shape index (κ2) is 8.56. The number of anilines is 2. The van der Waals surface area contributed by atoms with Crippen LogP contribution in [-0.2, 0) is 4.79 Å². The van der Waals surface area contributed by atoms with E-state index >= 15 is 0 Å². The number of hydrogen-bond acceptors (Lipinski definition) is 6. The van der Waals surface area contributed by atoms with Crippen LogP contribution in [0.4, 0.5) is 11.5 Å². The van der Waals surface area contributed by atoms with Gasteiger partial charge in [-0.25, -0.2) is 9.97 Å². The van der Waals surface area contributed by atoms with Gasteiger partial charge in [-0.1, -0.05) is 18.2 Å². The first kappa shape index (κ1) is 18.7. The molecule has 0 bridgehead atoms. The third-order valence-electron chi connectivity index (χ3n) is 5.60. The maximum absolute atomic E-state index is 12.7. The van der Waals surface area contributed by atoms with Crippen LogP contribution in [0.5, 0.6) is 0 Å². The fourth-order valence-electron chi connectivity index (χ4n) is 3.89. The minimum atomic E-state index is 0.249. The van der Waals surface area contributed by atoms with Crippen molar-refractivity contribution < 1.29 is 4.79 Å². The molecule has 1 aromatic carbocycles. The quantitative estimate of drug-likeness (QED) is 0.796. The Morgan fingerprint density at radius 2 is 1.57 bits per heavy atom. The van der Waals surface area contributed by atoms with E-state index in [1.165, 1.54) is 5.69 Å². The topological polar surface area (TPSA) is 55.8 Å². The van der Waals surface area contributed by atoms with Crippen LogP contribution in [0.15, 0.2) is 42.7 Å². The van der Waals surface area contributed by atoms with Crippen molar-refractivity contribution in [2.45, 2.75) is 6.92 Å². The molecule has 148 valence electrons. The highest BCUT2D eigenvalue weighted by Gasteiger charge is 2.25. The molecule has 7 heteroatoms. The zero-order valence-electron chi connectivity index (χ0n) is 16.5. The first-order chi connectivity index (χ1) is 13.7. The Kier molecular flexibility index (Phi) is 5.71. The van der Waals surface area contributed by atoms with Crippen molar-refractivity contribution >= 4 is 17.4 Å². The molecule has 0 N–H and O–H groups in total. The average molecular weight is 380 g/mol. The summed E-state index contributed by atoms with van der Waals surface area (Å²) in [5.74, 6) is 1.23. The van der Waals surface area contributed by atoms with Crippen molar-refractivity contribution in [3.63, 3.8) is 0 Å². The molecule has 0 radical (unpaired) electrons. The number of hydrogen-bond donors (Lipinski definition) is 0. The van der Waals surface area contributed by atoms with Gasteiger partial charge in [-0.15, -0.1) is 0 Å². The van der Waals surface area contributed by atoms with Gasteiger partial charge < -0.3 is 14.7 Å². The normalized spacial score (nSPS) is 18.4. The first-order valence-electron chi connectivity index (χ1n) is 10.0. The highest BCUT2D eigenvalue weighted by atomic mass is 16.2. The monoisotopic (exact) mass is 380 g/mol. The smallest absolute Gasteiger partial charge is 0.236 e. The molecule has 4 rings (SSSR count). The van der Waals surface area contributed by atoms with Gasteiger partial charge in [0, 0.05) is 69.8 Å². The summed E-state index contributed by atoms with van der Waals surface area (Å²) in [5, 5.41) is 0. The summed E-state index contributed by atoms with van der Waals surface area (Å²) in [7, 11) is 0. The van der Waals surface area contributed by atoms with E-state index in [-0.39, 0.29) is 5.91 Å². The van der Waals surface area contributed by atoms with E-state index < -0.39 is 0 Å². The third-order valence-corrected chi connectivity index (χ3v) is 5.60. The molecule has 2 saturated heterocycles. The zero-order chi connectivity index (χ0) is 19.3. The van der Waals surface area contributed by atoms with E-state index in [9.17, 15) is 4.79 Å². The summed E-state index contributed by atoms with van der Waals surface area (Å²) in [6, 6.07) is 12.5. The molecular weight excluding hydrogens is 352 g/mol. The van der Waals surface area contributed by atoms with Gasteiger partial charge in [-0.2, -0.15) is 0 Å². The van der Waals surface area contributed by atoms with Crippen molar-refractivity contribution in [2.75, 3.05) is 68.7 Å². The number of carbonyl (C=O) groups is 1. The minimum absolute atomic E-state index is 0.249. The number of aromatic nitrogens is 2. The molecule has 0 unspecified atom stereocenters. The molecule has 0 aliphatic carbocycles. The van der Waals surface area contributed by atoms with Gasteiger partial charge in [0.25, 0.3) is 0 Å². The molecule has 28 heavy (non-hydrogen) atoms. The number of nitrogens with zero attached hydrogens (tertiary/aromatic N) is 6. The fraction of sp³-hybridized carbons (Fsp3) is 0.476. The number of rotatable bonds is 4. The summed E-state index contributed by atoms with van der Waals surface area (Å²) in [4.78, 5) is 30.2. The third kappa shape index (κ3) is 4.42. The first-order valence-corrected chi connectivity index (χ1v) is 10.0. The SMILES string of the molecule is Cc1cc(N2CCN(CC(=O)N3CCN(c4ccccc4)CC3)CC2)ncn1. The Morgan fingerprint density at radius 3 is 2.25 bits per heavy atom. The predicted molar refractivity (Wildman–Crippen MR) is 111 cm³/mol. The van der Waals surface area contributed by atoms with E-state index in [4.69, 9.17) is 0 Å². The Labute approximate surface area is 166 Å². The van der Waals surface area contributed by atoms with Crippen LogP contribution in [0.2, 0.25) is 0 Å². The lowest BCUT2D eigenvalue weighted by atomic mass is 10.2. The van der Waals surface area contributed by atoms with Gasteiger partial charge in [-0.05, 0) is 19.1 Å². The lowest BCUT2D eigenvalue weighted by Gasteiger charge is -2.39. The number of aryl methyl sites for hydroxylation is 1. The summed E-state index contributed by atoms with van der Waals surface area (Å²) >= 11 is 0. The molecule has 0 atom stereocenters. The Bertz CT molecular complexity index is 782. The molecule has 2 aliphatic rings. The van der Waals surface area contributed by atoms with Gasteiger partial charge >= 0.3 is 0 Å². The molecule has 0 spiro atoms. The average Bonchev–Trinajstić information content (AvgIpc) is 2.75. The molecule has 0 saturated carbocycles. The van der Waals surface area contributed by atoms with Crippen LogP contribution in [0, 0.1) is 6.92 Å². The van der Waals surface area contributed by atoms with Crippen LogP contribution < -0.4 is 9.80 Å². The Balaban J connectivity index is 1.23. The minimum Gasteiger partial charge on any atom is -0.368 e. The number of benzene rings is 1. The molecule has 2 aromatic rings. The molecule has 1 amide bonds. The van der Waals surface area contributed by atoms with E-state index in [0.29, 0.717) is 6.54 Å². The second-order valence-corrected chi connectivity index (χ2v) is 7.48. The lowest BCUT2D eigenvalue weighted by molar-refractivity contribution is -0.132. The van der Waals surface area contributed by atoms with Crippen molar-refractivity contribution in [2.24, 2.45) is 0 Å². The molecular formula is C21H28N6O. The number of carbonyl (C=O) groups excluding carboxylic acids is 1. The number of amides is 1. The summed E-state index contributed by atoms with van der Waals surface area (Å²) in [6.07, 6.45) is 1.62. The van der Waals surface area contributed by atoms with Crippen LogP contribution in [0.25, 0.3) is 0 Å². The standard InChI is InChI=1S/C21H28N6O/c1-18-15-20(23-17-22-18)26-9-7-24(8-10-26)16-21(28)27-13-11-25(12-14-27)19-5-3-2-4-6-19/h2-6,15,17H,7-14,16H2,1H3. The Morgan fingerprint density at radius 1 is 0.893 bits per heavy atom. The van der Waals surface area contributed by atoms with Crippen molar-refractivity contribution in [3.8, 4) is 0 Å². The zero-order valence-corrected chi connectivity index (χ0v) is 16.5. The van der Waals surface area contributed by atoms with E-state index in [0.717, 1.165) is 63.9 Å². The van der Waals surface area contributed by atoms with Crippen molar-refractivity contribution in [3.05, 3.63) is 48.4 Å². The molecule has 3 heterocycles. The second-order valence-electron chi connectivity index (χ2n) is 7.48. The summed E-state index contributed by atoms with van der Waals surface area (Å²) in [6.45, 7) is 9.46. The van der Waals surface area contributed by atoms with Crippen molar-refractivity contribution in [1.29, 1.82) is 0 Å². The van der Waals surface area contributed by atoms with Gasteiger partial charge in [0.1, 0.15) is 12.1 Å². The summed E-state index contributed by atoms with van der Waals surface area (Å²) in [5.41, 5.74) is 2.22. The van der Waals surface area contributed by atoms with Crippen LogP contribution in [0.1, 0.15) is 5.69 Å². The predicted octanol–water partition coefficient (Wildman–Crippen LogP) is 1.26. The van der Waals surface area contributed by atoms with Gasteiger partial charge in [0.15, 0.2) is 0 Å². The van der Waals surface area contributed by atoms with Gasteiger partial charge in [0.05, 0.1) is 6.54 Å². The molecule has 2 fully saturated rings. The molecule has 7 nitrogen and oxygen atoms in total. The maximum Gasteiger partial charge on any atom is 0.236 e. The highest BCUT2D eigenvalue weighted by molar-refractivity contribution is 5.78. The van der Waals surface area contributed by atoms with E-state index in [1.807, 2.05) is 24.0 Å². The molecule has 2 aliphatic heterocycles. The summed E-state index contributed by atoms with van der Waals surface area (Å²) < 4.78 is 0. The number of para-hydroxylation sites is 1. The van der Waals surface area contributed by atoms with E-state index in [2.05, 4.69) is 48.9 Å². The van der Waals surface area contributed by atoms with E-state index in [1.54, 1.807) is 6.33 Å². The largest absolute Gasteiger partial charge is 0.368 e. The van der Waals surface area contributed by atoms with Crippen LogP contribution in [0.3, 0.4) is 0 Å². The van der Waals surface area contributed by atoms with Crippen LogP contribution in [-0.4, -0.2) is 84.6 Å².